The summed E-state index contributed by atoms with van der Waals surface area (Å²) in [4.78, 5) is 4.37. The Bertz CT molecular complexity index is 485. The molecule has 0 aliphatic rings. The van der Waals surface area contributed by atoms with Crippen LogP contribution in [0.25, 0.3) is 11.4 Å². The highest BCUT2D eigenvalue weighted by molar-refractivity contribution is 9.10. The molecule has 4 heteroatoms. The molecule has 16 heavy (non-hydrogen) atoms. The summed E-state index contributed by atoms with van der Waals surface area (Å²) in [6.45, 7) is 4.26. The highest BCUT2D eigenvalue weighted by atomic mass is 79.9. The van der Waals surface area contributed by atoms with Gasteiger partial charge in [0.1, 0.15) is 5.82 Å². The molecule has 0 aliphatic carbocycles. The predicted molar refractivity (Wildman–Crippen MR) is 70.8 cm³/mol. The zero-order valence-electron chi connectivity index (χ0n) is 9.11. The van der Waals surface area contributed by atoms with Crippen LogP contribution in [0.5, 0.6) is 0 Å². The Hall–Kier alpha value is -0.800. The zero-order valence-corrected chi connectivity index (χ0v) is 11.5. The molecule has 1 heterocycles. The molecule has 0 spiro atoms. The normalized spacial score (nSPS) is 11.1. The number of hydrogen-bond acceptors (Lipinski definition) is 1. The number of hydrogen-bond donors (Lipinski definition) is 0. The van der Waals surface area contributed by atoms with Crippen LogP contribution < -0.4 is 0 Å². The van der Waals surface area contributed by atoms with E-state index in [1.54, 1.807) is 0 Å². The van der Waals surface area contributed by atoms with Crippen LogP contribution in [0.3, 0.4) is 0 Å². The number of aromatic nitrogens is 2. The number of benzene rings is 1. The van der Waals surface area contributed by atoms with Gasteiger partial charge in [0, 0.05) is 33.5 Å². The van der Waals surface area contributed by atoms with Crippen LogP contribution in [-0.2, 0) is 0 Å². The number of nitrogens with zero attached hydrogens (tertiary/aromatic N) is 2. The Morgan fingerprint density at radius 1 is 1.31 bits per heavy atom. The monoisotopic (exact) mass is 298 g/mol. The largest absolute Gasteiger partial charge is 0.328 e. The fourth-order valence-electron chi connectivity index (χ4n) is 1.64. The Kier molecular flexibility index (Phi) is 3.36. The summed E-state index contributed by atoms with van der Waals surface area (Å²) < 4.78 is 3.09. The van der Waals surface area contributed by atoms with Crippen LogP contribution in [0.4, 0.5) is 0 Å². The van der Waals surface area contributed by atoms with E-state index in [1.807, 2.05) is 30.6 Å². The Balaban J connectivity index is 2.54. The Morgan fingerprint density at radius 3 is 2.69 bits per heavy atom. The fraction of sp³-hybridized carbons (Fsp3) is 0.250. The van der Waals surface area contributed by atoms with E-state index >= 15 is 0 Å². The van der Waals surface area contributed by atoms with Crippen LogP contribution >= 0.6 is 27.5 Å². The van der Waals surface area contributed by atoms with Crippen molar-refractivity contribution in [3.05, 3.63) is 40.1 Å². The molecule has 0 bridgehead atoms. The molecule has 0 unspecified atom stereocenters. The highest BCUT2D eigenvalue weighted by Gasteiger charge is 2.09. The van der Waals surface area contributed by atoms with Crippen molar-refractivity contribution in [3.63, 3.8) is 0 Å². The average molecular weight is 300 g/mol. The SMILES string of the molecule is CC(C)n1ccnc1-c1cc(Cl)cc(Br)c1. The van der Waals surface area contributed by atoms with Gasteiger partial charge in [-0.2, -0.15) is 0 Å². The molecule has 2 aromatic rings. The van der Waals surface area contributed by atoms with Crippen LogP contribution in [0.2, 0.25) is 5.02 Å². The van der Waals surface area contributed by atoms with Crippen molar-refractivity contribution >= 4 is 27.5 Å². The van der Waals surface area contributed by atoms with Crippen molar-refractivity contribution < 1.29 is 0 Å². The van der Waals surface area contributed by atoms with Crippen molar-refractivity contribution in [1.29, 1.82) is 0 Å². The first-order valence-electron chi connectivity index (χ1n) is 5.07. The minimum atomic E-state index is 0.384. The maximum Gasteiger partial charge on any atom is 0.140 e. The molecule has 0 aliphatic heterocycles. The maximum atomic E-state index is 6.03. The van der Waals surface area contributed by atoms with Gasteiger partial charge >= 0.3 is 0 Å². The second kappa shape index (κ2) is 4.60. The molecule has 0 fully saturated rings. The maximum absolute atomic E-state index is 6.03. The summed E-state index contributed by atoms with van der Waals surface area (Å²) in [6.07, 6.45) is 3.79. The van der Waals surface area contributed by atoms with Crippen molar-refractivity contribution in [2.24, 2.45) is 0 Å². The topological polar surface area (TPSA) is 17.8 Å². The average Bonchev–Trinajstić information content (AvgIpc) is 2.63. The van der Waals surface area contributed by atoms with Gasteiger partial charge in [0.05, 0.1) is 0 Å². The van der Waals surface area contributed by atoms with E-state index in [9.17, 15) is 0 Å². The summed E-state index contributed by atoms with van der Waals surface area (Å²) in [7, 11) is 0. The van der Waals surface area contributed by atoms with Crippen molar-refractivity contribution in [1.82, 2.24) is 9.55 Å². The quantitative estimate of drug-likeness (QED) is 0.795. The van der Waals surface area contributed by atoms with Crippen LogP contribution in [-0.4, -0.2) is 9.55 Å². The van der Waals surface area contributed by atoms with E-state index in [4.69, 9.17) is 11.6 Å². The molecule has 0 amide bonds. The first-order chi connectivity index (χ1) is 7.58. The third kappa shape index (κ3) is 2.30. The molecule has 2 nitrogen and oxygen atoms in total. The molecule has 0 saturated carbocycles. The second-order valence-corrected chi connectivity index (χ2v) is 5.26. The van der Waals surface area contributed by atoms with Crippen molar-refractivity contribution in [2.45, 2.75) is 19.9 Å². The summed E-state index contributed by atoms with van der Waals surface area (Å²) in [5.74, 6) is 0.943. The van der Waals surface area contributed by atoms with Crippen LogP contribution in [0.15, 0.2) is 35.1 Å². The summed E-state index contributed by atoms with van der Waals surface area (Å²) >= 11 is 9.47. The van der Waals surface area contributed by atoms with E-state index in [0.29, 0.717) is 11.1 Å². The van der Waals surface area contributed by atoms with Gasteiger partial charge < -0.3 is 4.57 Å². The standard InChI is InChI=1S/C12H12BrClN2/c1-8(2)16-4-3-15-12(16)9-5-10(13)7-11(14)6-9/h3-8H,1-2H3. The Morgan fingerprint density at radius 2 is 2.06 bits per heavy atom. The molecule has 0 N–H and O–H groups in total. The van der Waals surface area contributed by atoms with Gasteiger partial charge in [0.2, 0.25) is 0 Å². The third-order valence-electron chi connectivity index (χ3n) is 2.35. The van der Waals surface area contributed by atoms with E-state index in [1.165, 1.54) is 0 Å². The van der Waals surface area contributed by atoms with Crippen LogP contribution in [0.1, 0.15) is 19.9 Å². The minimum Gasteiger partial charge on any atom is -0.328 e. The molecule has 0 saturated heterocycles. The van der Waals surface area contributed by atoms with Gasteiger partial charge in [-0.15, -0.1) is 0 Å². The van der Waals surface area contributed by atoms with Gasteiger partial charge in [-0.3, -0.25) is 0 Å². The first-order valence-corrected chi connectivity index (χ1v) is 6.24. The molecule has 84 valence electrons. The lowest BCUT2D eigenvalue weighted by atomic mass is 10.2. The summed E-state index contributed by atoms with van der Waals surface area (Å²) in [5, 5.41) is 0.711. The number of imidazole rings is 1. The number of rotatable bonds is 2. The van der Waals surface area contributed by atoms with Gasteiger partial charge in [-0.25, -0.2) is 4.98 Å². The lowest BCUT2D eigenvalue weighted by Crippen LogP contribution is -2.01. The lowest BCUT2D eigenvalue weighted by Gasteiger charge is -2.11. The minimum absolute atomic E-state index is 0.384. The lowest BCUT2D eigenvalue weighted by molar-refractivity contribution is 0.606. The molecule has 2 rings (SSSR count). The second-order valence-electron chi connectivity index (χ2n) is 3.91. The number of halogens is 2. The zero-order chi connectivity index (χ0) is 11.7. The smallest absolute Gasteiger partial charge is 0.140 e. The van der Waals surface area contributed by atoms with Gasteiger partial charge in [-0.1, -0.05) is 27.5 Å². The first kappa shape index (κ1) is 11.7. The van der Waals surface area contributed by atoms with E-state index in [2.05, 4.69) is 39.3 Å². The molecule has 0 atom stereocenters. The van der Waals surface area contributed by atoms with Crippen molar-refractivity contribution in [3.8, 4) is 11.4 Å². The van der Waals surface area contributed by atoms with Crippen LogP contribution in [0, 0.1) is 0 Å². The fourth-order valence-corrected chi connectivity index (χ4v) is 2.50. The van der Waals surface area contributed by atoms with E-state index < -0.39 is 0 Å². The molecular weight excluding hydrogens is 288 g/mol. The van der Waals surface area contributed by atoms with Crippen molar-refractivity contribution in [2.75, 3.05) is 0 Å². The van der Waals surface area contributed by atoms with Gasteiger partial charge in [0.25, 0.3) is 0 Å². The van der Waals surface area contributed by atoms with E-state index in [-0.39, 0.29) is 0 Å². The van der Waals surface area contributed by atoms with Gasteiger partial charge in [-0.05, 0) is 32.0 Å². The molecule has 0 radical (unpaired) electrons. The molecule has 1 aromatic carbocycles. The van der Waals surface area contributed by atoms with Gasteiger partial charge in [0.15, 0.2) is 0 Å². The molecule has 1 aromatic heterocycles. The predicted octanol–water partition coefficient (Wildman–Crippen LogP) is 4.55. The van der Waals surface area contributed by atoms with E-state index in [0.717, 1.165) is 15.9 Å². The summed E-state index contributed by atoms with van der Waals surface area (Å²) in [5.41, 5.74) is 1.03. The highest BCUT2D eigenvalue weighted by Crippen LogP contribution is 2.27. The summed E-state index contributed by atoms with van der Waals surface area (Å²) in [6, 6.07) is 6.20. The Labute approximate surface area is 108 Å². The molecular formula is C12H12BrClN2. The third-order valence-corrected chi connectivity index (χ3v) is 3.02.